The minimum absolute atomic E-state index is 0.293. The molecule has 0 radical (unpaired) electrons. The van der Waals surface area contributed by atoms with Crippen LogP contribution in [0.5, 0.6) is 5.75 Å². The van der Waals surface area contributed by atoms with E-state index < -0.39 is 0 Å². The molecule has 0 saturated carbocycles. The van der Waals surface area contributed by atoms with E-state index in [0.29, 0.717) is 48.7 Å². The number of carbonyl (C=O) groups excluding carboxylic acids is 2. The Hall–Kier alpha value is -3.39. The summed E-state index contributed by atoms with van der Waals surface area (Å²) in [4.78, 5) is 25.3. The van der Waals surface area contributed by atoms with Gasteiger partial charge in [0.2, 0.25) is 0 Å². The molecular formula is C21H25N5O3. The van der Waals surface area contributed by atoms with Crippen LogP contribution in [0.4, 0.5) is 5.82 Å². The summed E-state index contributed by atoms with van der Waals surface area (Å²) < 4.78 is 7.10. The summed E-state index contributed by atoms with van der Waals surface area (Å²) in [5.74, 6) is 0.213. The van der Waals surface area contributed by atoms with E-state index in [9.17, 15) is 9.59 Å². The van der Waals surface area contributed by atoms with Crippen LogP contribution in [0.25, 0.3) is 10.9 Å². The van der Waals surface area contributed by atoms with Gasteiger partial charge in [-0.15, -0.1) is 0 Å². The van der Waals surface area contributed by atoms with Crippen LogP contribution in [0, 0.1) is 0 Å². The molecule has 0 aliphatic heterocycles. The molecule has 8 nitrogen and oxygen atoms in total. The number of rotatable bonds is 8. The smallest absolute Gasteiger partial charge is 0.256 e. The number of hydrogen-bond donors (Lipinski definition) is 3. The quantitative estimate of drug-likeness (QED) is 0.507. The molecule has 3 rings (SSSR count). The second-order valence-electron chi connectivity index (χ2n) is 6.45. The fourth-order valence-corrected chi connectivity index (χ4v) is 3.07. The number of aryl methyl sites for hydroxylation is 1. The largest absolute Gasteiger partial charge is 0.496 e. The molecule has 8 heteroatoms. The van der Waals surface area contributed by atoms with Crippen LogP contribution >= 0.6 is 0 Å². The molecule has 1 aromatic heterocycles. The molecule has 29 heavy (non-hydrogen) atoms. The van der Waals surface area contributed by atoms with Crippen molar-refractivity contribution in [2.24, 2.45) is 5.73 Å². The first kappa shape index (κ1) is 20.3. The summed E-state index contributed by atoms with van der Waals surface area (Å²) in [5, 5.41) is 11.0. The van der Waals surface area contributed by atoms with Gasteiger partial charge in [-0.2, -0.15) is 5.10 Å². The van der Waals surface area contributed by atoms with Gasteiger partial charge in [0.1, 0.15) is 5.75 Å². The summed E-state index contributed by atoms with van der Waals surface area (Å²) >= 11 is 0. The zero-order chi connectivity index (χ0) is 20.8. The molecule has 0 aliphatic carbocycles. The molecule has 152 valence electrons. The number of nitrogens with two attached hydrogens (primary N) is 1. The molecular weight excluding hydrogens is 370 g/mol. The van der Waals surface area contributed by atoms with Gasteiger partial charge >= 0.3 is 0 Å². The van der Waals surface area contributed by atoms with Crippen molar-refractivity contribution in [2.45, 2.75) is 19.9 Å². The van der Waals surface area contributed by atoms with Crippen molar-refractivity contribution in [3.05, 3.63) is 53.6 Å². The van der Waals surface area contributed by atoms with E-state index in [1.807, 2.05) is 35.9 Å². The molecule has 1 heterocycles. The van der Waals surface area contributed by atoms with Crippen molar-refractivity contribution in [3.63, 3.8) is 0 Å². The van der Waals surface area contributed by atoms with Gasteiger partial charge in [-0.1, -0.05) is 12.1 Å². The van der Waals surface area contributed by atoms with E-state index in [1.54, 1.807) is 12.1 Å². The number of anilines is 1. The van der Waals surface area contributed by atoms with Crippen molar-refractivity contribution in [3.8, 4) is 5.75 Å². The maximum absolute atomic E-state index is 12.8. The number of hydrogen-bond acceptors (Lipinski definition) is 5. The standard InChI is InChI=1S/C21H25N5O3/c1-3-26-17-8-5-4-7-15(17)19(25-26)24-20(27)14-9-10-18(29-2)16(13-14)21(28)23-12-6-11-22/h4-5,7-10,13H,3,6,11-12,22H2,1-2H3,(H,23,28)(H,24,25,27). The number of fused-ring (bicyclic) bond motifs is 1. The van der Waals surface area contributed by atoms with Crippen LogP contribution in [0.2, 0.25) is 0 Å². The van der Waals surface area contributed by atoms with Crippen molar-refractivity contribution < 1.29 is 14.3 Å². The minimum Gasteiger partial charge on any atom is -0.496 e. The van der Waals surface area contributed by atoms with E-state index in [0.717, 1.165) is 10.9 Å². The second-order valence-corrected chi connectivity index (χ2v) is 6.45. The van der Waals surface area contributed by atoms with Crippen molar-refractivity contribution in [2.75, 3.05) is 25.5 Å². The second kappa shape index (κ2) is 9.20. The lowest BCUT2D eigenvalue weighted by Crippen LogP contribution is -2.26. The molecule has 0 unspecified atom stereocenters. The molecule has 2 amide bonds. The number of amides is 2. The summed E-state index contributed by atoms with van der Waals surface area (Å²) in [7, 11) is 1.48. The highest BCUT2D eigenvalue weighted by Gasteiger charge is 2.18. The third-order valence-electron chi connectivity index (χ3n) is 4.56. The van der Waals surface area contributed by atoms with Crippen molar-refractivity contribution in [1.82, 2.24) is 15.1 Å². The first-order chi connectivity index (χ1) is 14.1. The van der Waals surface area contributed by atoms with Gasteiger partial charge in [0.15, 0.2) is 5.82 Å². The summed E-state index contributed by atoms with van der Waals surface area (Å²) in [6, 6.07) is 12.4. The normalized spacial score (nSPS) is 10.7. The highest BCUT2D eigenvalue weighted by atomic mass is 16.5. The van der Waals surface area contributed by atoms with Crippen molar-refractivity contribution >= 4 is 28.5 Å². The van der Waals surface area contributed by atoms with Gasteiger partial charge in [0.25, 0.3) is 11.8 Å². The molecule has 2 aromatic carbocycles. The number of carbonyl (C=O) groups is 2. The maximum atomic E-state index is 12.8. The predicted octanol–water partition coefficient (Wildman–Crippen LogP) is 2.40. The predicted molar refractivity (Wildman–Crippen MR) is 112 cm³/mol. The van der Waals surface area contributed by atoms with Crippen LogP contribution in [0.3, 0.4) is 0 Å². The van der Waals surface area contributed by atoms with Crippen LogP contribution in [0.15, 0.2) is 42.5 Å². The van der Waals surface area contributed by atoms with Crippen LogP contribution < -0.4 is 21.1 Å². The van der Waals surface area contributed by atoms with Crippen LogP contribution in [0.1, 0.15) is 34.1 Å². The number of benzene rings is 2. The zero-order valence-electron chi connectivity index (χ0n) is 16.6. The molecule has 0 saturated heterocycles. The Morgan fingerprint density at radius 2 is 1.97 bits per heavy atom. The van der Waals surface area contributed by atoms with Gasteiger partial charge in [-0.25, -0.2) is 0 Å². The van der Waals surface area contributed by atoms with Gasteiger partial charge in [-0.05, 0) is 50.2 Å². The summed E-state index contributed by atoms with van der Waals surface area (Å²) in [5.41, 5.74) is 7.04. The van der Waals surface area contributed by atoms with E-state index in [1.165, 1.54) is 13.2 Å². The monoisotopic (exact) mass is 395 g/mol. The number of methoxy groups -OCH3 is 1. The lowest BCUT2D eigenvalue weighted by atomic mass is 10.1. The number of nitrogens with one attached hydrogen (secondary N) is 2. The molecule has 3 aromatic rings. The van der Waals surface area contributed by atoms with E-state index >= 15 is 0 Å². The Bertz CT molecular complexity index is 1030. The number of ether oxygens (including phenoxy) is 1. The molecule has 0 atom stereocenters. The van der Waals surface area contributed by atoms with Crippen LogP contribution in [-0.2, 0) is 6.54 Å². The molecule has 0 aliphatic rings. The number of para-hydroxylation sites is 1. The molecule has 0 spiro atoms. The average Bonchev–Trinajstić information content (AvgIpc) is 3.11. The third-order valence-corrected chi connectivity index (χ3v) is 4.56. The average molecular weight is 395 g/mol. The highest BCUT2D eigenvalue weighted by Crippen LogP contribution is 2.24. The van der Waals surface area contributed by atoms with Crippen LogP contribution in [-0.4, -0.2) is 41.8 Å². The first-order valence-electron chi connectivity index (χ1n) is 9.52. The van der Waals surface area contributed by atoms with Crippen molar-refractivity contribution in [1.29, 1.82) is 0 Å². The minimum atomic E-state index is -0.352. The van der Waals surface area contributed by atoms with Gasteiger partial charge in [-0.3, -0.25) is 14.3 Å². The van der Waals surface area contributed by atoms with Gasteiger partial charge < -0.3 is 21.1 Å². The Morgan fingerprint density at radius 1 is 1.17 bits per heavy atom. The maximum Gasteiger partial charge on any atom is 0.256 e. The fraction of sp³-hybridized carbons (Fsp3) is 0.286. The Labute approximate surface area is 169 Å². The fourth-order valence-electron chi connectivity index (χ4n) is 3.07. The summed E-state index contributed by atoms with van der Waals surface area (Å²) in [6.45, 7) is 3.61. The summed E-state index contributed by atoms with van der Waals surface area (Å²) in [6.07, 6.45) is 0.668. The molecule has 4 N–H and O–H groups in total. The lowest BCUT2D eigenvalue weighted by molar-refractivity contribution is 0.0950. The number of nitrogens with zero attached hydrogens (tertiary/aromatic N) is 2. The Kier molecular flexibility index (Phi) is 6.46. The Balaban J connectivity index is 1.86. The first-order valence-corrected chi connectivity index (χ1v) is 9.52. The lowest BCUT2D eigenvalue weighted by Gasteiger charge is -2.11. The van der Waals surface area contributed by atoms with E-state index in [-0.39, 0.29) is 11.8 Å². The molecule has 0 fully saturated rings. The van der Waals surface area contributed by atoms with Gasteiger partial charge in [0.05, 0.1) is 18.2 Å². The number of aromatic nitrogens is 2. The Morgan fingerprint density at radius 3 is 2.69 bits per heavy atom. The topological polar surface area (TPSA) is 111 Å². The zero-order valence-corrected chi connectivity index (χ0v) is 16.6. The molecule has 0 bridgehead atoms. The van der Waals surface area contributed by atoms with E-state index in [4.69, 9.17) is 10.5 Å². The highest BCUT2D eigenvalue weighted by molar-refractivity contribution is 6.09. The SMILES string of the molecule is CCn1nc(NC(=O)c2ccc(OC)c(C(=O)NCCCN)c2)c2ccccc21. The van der Waals surface area contributed by atoms with E-state index in [2.05, 4.69) is 15.7 Å². The third kappa shape index (κ3) is 4.38. The van der Waals surface area contributed by atoms with Gasteiger partial charge in [0, 0.05) is 24.0 Å².